The molecule has 0 aliphatic rings. The summed E-state index contributed by atoms with van der Waals surface area (Å²) in [6.45, 7) is 0. The van der Waals surface area contributed by atoms with Gasteiger partial charge < -0.3 is 4.52 Å². The second-order valence-corrected chi connectivity index (χ2v) is 3.62. The molecule has 5 heteroatoms. The van der Waals surface area contributed by atoms with Crippen LogP contribution < -0.4 is 0 Å². The van der Waals surface area contributed by atoms with Gasteiger partial charge in [0.2, 0.25) is 0 Å². The highest BCUT2D eigenvalue weighted by molar-refractivity contribution is 6.28. The molecule has 0 atom stereocenters. The number of rotatable bonds is 1. The monoisotopic (exact) mass is 231 g/mol. The third-order valence-electron chi connectivity index (χ3n) is 2.25. The van der Waals surface area contributed by atoms with Gasteiger partial charge in [0.05, 0.1) is 5.52 Å². The molecule has 1 aromatic carbocycles. The van der Waals surface area contributed by atoms with Crippen molar-refractivity contribution in [3.05, 3.63) is 41.8 Å². The number of fused-ring (bicyclic) bond motifs is 1. The topological polar surface area (TPSA) is 51.8 Å². The molecule has 0 saturated heterocycles. The molecule has 2 aromatic heterocycles. The van der Waals surface area contributed by atoms with Crippen LogP contribution in [0.2, 0.25) is 5.28 Å². The second-order valence-electron chi connectivity index (χ2n) is 3.28. The first kappa shape index (κ1) is 9.30. The Kier molecular flexibility index (Phi) is 2.08. The number of nitrogens with zero attached hydrogens (tertiary/aromatic N) is 3. The average Bonchev–Trinajstić information content (AvgIpc) is 2.75. The Morgan fingerprint density at radius 2 is 2.12 bits per heavy atom. The van der Waals surface area contributed by atoms with Crippen LogP contribution >= 0.6 is 11.6 Å². The van der Waals surface area contributed by atoms with Crippen molar-refractivity contribution in [1.82, 2.24) is 15.1 Å². The number of hydrogen-bond acceptors (Lipinski definition) is 4. The van der Waals surface area contributed by atoms with Gasteiger partial charge in [-0.2, -0.15) is 4.98 Å². The van der Waals surface area contributed by atoms with Crippen LogP contribution in [0, 0.1) is 0 Å². The first-order chi connectivity index (χ1) is 7.83. The van der Waals surface area contributed by atoms with Crippen LogP contribution in [-0.4, -0.2) is 15.1 Å². The summed E-state index contributed by atoms with van der Waals surface area (Å²) in [5, 5.41) is 4.67. The maximum Gasteiger partial charge on any atom is 0.264 e. The Hall–Kier alpha value is -1.94. The van der Waals surface area contributed by atoms with Crippen LogP contribution in [0.4, 0.5) is 0 Å². The van der Waals surface area contributed by atoms with Gasteiger partial charge in [-0.1, -0.05) is 6.07 Å². The minimum atomic E-state index is 0.112. The molecule has 0 bridgehead atoms. The van der Waals surface area contributed by atoms with Gasteiger partial charge in [0.15, 0.2) is 0 Å². The van der Waals surface area contributed by atoms with Gasteiger partial charge in [-0.15, -0.1) is 0 Å². The largest absolute Gasteiger partial charge is 0.333 e. The summed E-state index contributed by atoms with van der Waals surface area (Å²) in [7, 11) is 0. The van der Waals surface area contributed by atoms with E-state index in [0.29, 0.717) is 5.89 Å². The Balaban J connectivity index is 2.18. The lowest BCUT2D eigenvalue weighted by molar-refractivity contribution is 0.430. The van der Waals surface area contributed by atoms with Gasteiger partial charge >= 0.3 is 0 Å². The summed E-state index contributed by atoms with van der Waals surface area (Å²) in [6, 6.07) is 9.57. The van der Waals surface area contributed by atoms with E-state index in [9.17, 15) is 0 Å². The van der Waals surface area contributed by atoms with E-state index >= 15 is 0 Å². The fourth-order valence-corrected chi connectivity index (χ4v) is 1.64. The molecule has 0 spiro atoms. The Morgan fingerprint density at radius 1 is 1.19 bits per heavy atom. The van der Waals surface area contributed by atoms with Crippen molar-refractivity contribution in [2.75, 3.05) is 0 Å². The van der Waals surface area contributed by atoms with Crippen molar-refractivity contribution in [3.8, 4) is 11.5 Å². The summed E-state index contributed by atoms with van der Waals surface area (Å²) in [5.74, 6) is 0.413. The molecule has 2 heterocycles. The third-order valence-corrected chi connectivity index (χ3v) is 2.40. The standard InChI is InChI=1S/C11H6ClN3O/c12-11-14-10(16-15-11)8-3-4-9-7(6-8)2-1-5-13-9/h1-6H. The van der Waals surface area contributed by atoms with Crippen LogP contribution in [0.3, 0.4) is 0 Å². The predicted molar refractivity (Wildman–Crippen MR) is 60.0 cm³/mol. The van der Waals surface area contributed by atoms with Gasteiger partial charge in [-0.05, 0) is 41.0 Å². The number of hydrogen-bond donors (Lipinski definition) is 0. The van der Waals surface area contributed by atoms with Crippen molar-refractivity contribution >= 4 is 22.5 Å². The number of halogens is 1. The van der Waals surface area contributed by atoms with E-state index in [4.69, 9.17) is 16.1 Å². The second kappa shape index (κ2) is 3.57. The van der Waals surface area contributed by atoms with Crippen LogP contribution in [0.25, 0.3) is 22.4 Å². The predicted octanol–water partition coefficient (Wildman–Crippen LogP) is 2.94. The lowest BCUT2D eigenvalue weighted by atomic mass is 10.1. The molecular weight excluding hydrogens is 226 g/mol. The van der Waals surface area contributed by atoms with E-state index in [0.717, 1.165) is 16.5 Å². The Morgan fingerprint density at radius 3 is 2.94 bits per heavy atom. The Bertz CT molecular complexity index is 650. The molecule has 3 rings (SSSR count). The van der Waals surface area contributed by atoms with Crippen molar-refractivity contribution in [3.63, 3.8) is 0 Å². The maximum absolute atomic E-state index is 5.60. The minimum absolute atomic E-state index is 0.112. The molecular formula is C11H6ClN3O. The van der Waals surface area contributed by atoms with Gasteiger partial charge in [0.1, 0.15) is 0 Å². The lowest BCUT2D eigenvalue weighted by Gasteiger charge is -1.97. The lowest BCUT2D eigenvalue weighted by Crippen LogP contribution is -1.80. The number of aromatic nitrogens is 3. The first-order valence-corrected chi connectivity index (χ1v) is 5.05. The molecule has 0 aliphatic heterocycles. The summed E-state index contributed by atoms with van der Waals surface area (Å²) in [6.07, 6.45) is 1.76. The van der Waals surface area contributed by atoms with E-state index < -0.39 is 0 Å². The minimum Gasteiger partial charge on any atom is -0.333 e. The normalized spacial score (nSPS) is 10.8. The highest BCUT2D eigenvalue weighted by atomic mass is 35.5. The molecule has 0 unspecified atom stereocenters. The van der Waals surface area contributed by atoms with E-state index in [-0.39, 0.29) is 5.28 Å². The summed E-state index contributed by atoms with van der Waals surface area (Å²) < 4.78 is 4.99. The smallest absolute Gasteiger partial charge is 0.264 e. The van der Waals surface area contributed by atoms with Crippen LogP contribution in [0.5, 0.6) is 0 Å². The third kappa shape index (κ3) is 1.53. The maximum atomic E-state index is 5.60. The van der Waals surface area contributed by atoms with E-state index in [1.165, 1.54) is 0 Å². The summed E-state index contributed by atoms with van der Waals surface area (Å²) in [5.41, 5.74) is 1.76. The molecule has 0 N–H and O–H groups in total. The van der Waals surface area contributed by atoms with Crippen LogP contribution in [0.1, 0.15) is 0 Å². The van der Waals surface area contributed by atoms with Crippen LogP contribution in [0.15, 0.2) is 41.1 Å². The zero-order valence-electron chi connectivity index (χ0n) is 8.09. The molecule has 0 fully saturated rings. The molecule has 0 radical (unpaired) electrons. The van der Waals surface area contributed by atoms with Crippen molar-refractivity contribution in [1.29, 1.82) is 0 Å². The van der Waals surface area contributed by atoms with Crippen molar-refractivity contribution < 1.29 is 4.52 Å². The van der Waals surface area contributed by atoms with Gasteiger partial charge in [0, 0.05) is 17.1 Å². The Labute approximate surface area is 95.9 Å². The van der Waals surface area contributed by atoms with E-state index in [1.807, 2.05) is 30.3 Å². The average molecular weight is 232 g/mol. The molecule has 3 aromatic rings. The van der Waals surface area contributed by atoms with Crippen LogP contribution in [-0.2, 0) is 0 Å². The summed E-state index contributed by atoms with van der Waals surface area (Å²) in [4.78, 5) is 8.18. The van der Waals surface area contributed by atoms with Crippen molar-refractivity contribution in [2.45, 2.75) is 0 Å². The SMILES string of the molecule is Clc1noc(-c2ccc3ncccc3c2)n1. The molecule has 4 nitrogen and oxygen atoms in total. The fraction of sp³-hybridized carbons (Fsp3) is 0. The first-order valence-electron chi connectivity index (χ1n) is 4.67. The molecule has 0 saturated carbocycles. The van der Waals surface area contributed by atoms with Gasteiger partial charge in [-0.25, -0.2) is 0 Å². The van der Waals surface area contributed by atoms with E-state index in [2.05, 4.69) is 15.1 Å². The zero-order chi connectivity index (χ0) is 11.0. The summed E-state index contributed by atoms with van der Waals surface area (Å²) >= 11 is 5.60. The molecule has 0 amide bonds. The fourth-order valence-electron chi connectivity index (χ4n) is 1.53. The quantitative estimate of drug-likeness (QED) is 0.646. The molecule has 16 heavy (non-hydrogen) atoms. The van der Waals surface area contributed by atoms with Gasteiger partial charge in [0.25, 0.3) is 11.2 Å². The number of pyridine rings is 1. The zero-order valence-corrected chi connectivity index (χ0v) is 8.85. The number of benzene rings is 1. The van der Waals surface area contributed by atoms with Crippen molar-refractivity contribution in [2.24, 2.45) is 0 Å². The molecule has 0 aliphatic carbocycles. The van der Waals surface area contributed by atoms with Gasteiger partial charge in [-0.3, -0.25) is 4.98 Å². The highest BCUT2D eigenvalue weighted by Gasteiger charge is 2.07. The highest BCUT2D eigenvalue weighted by Crippen LogP contribution is 2.22. The molecule has 78 valence electrons. The van der Waals surface area contributed by atoms with E-state index in [1.54, 1.807) is 6.20 Å².